The zero-order valence-electron chi connectivity index (χ0n) is 10.4. The van der Waals surface area contributed by atoms with E-state index < -0.39 is 0 Å². The summed E-state index contributed by atoms with van der Waals surface area (Å²) in [6.07, 6.45) is 6.33. The van der Waals surface area contributed by atoms with Gasteiger partial charge < -0.3 is 10.6 Å². The SMILES string of the molecule is CCNc1nccc(NCCc2cccnc2)n1. The first-order valence-corrected chi connectivity index (χ1v) is 6.08. The van der Waals surface area contributed by atoms with E-state index in [1.54, 1.807) is 12.4 Å². The second-order valence-electron chi connectivity index (χ2n) is 3.83. The molecule has 2 heterocycles. The Balaban J connectivity index is 1.84. The van der Waals surface area contributed by atoms with Crippen molar-refractivity contribution in [2.45, 2.75) is 13.3 Å². The number of rotatable bonds is 6. The normalized spacial score (nSPS) is 10.1. The molecule has 0 atom stereocenters. The molecular weight excluding hydrogens is 226 g/mol. The van der Waals surface area contributed by atoms with E-state index in [0.29, 0.717) is 5.95 Å². The summed E-state index contributed by atoms with van der Waals surface area (Å²) in [4.78, 5) is 12.6. The minimum absolute atomic E-state index is 0.656. The summed E-state index contributed by atoms with van der Waals surface area (Å²) in [5.74, 6) is 1.49. The number of hydrogen-bond acceptors (Lipinski definition) is 5. The molecule has 2 N–H and O–H groups in total. The molecule has 0 amide bonds. The van der Waals surface area contributed by atoms with E-state index in [-0.39, 0.29) is 0 Å². The Bertz CT molecular complexity index is 472. The van der Waals surface area contributed by atoms with Crippen molar-refractivity contribution >= 4 is 11.8 Å². The molecule has 0 aromatic carbocycles. The molecule has 2 aromatic rings. The third-order valence-corrected chi connectivity index (χ3v) is 2.43. The number of nitrogens with zero attached hydrogens (tertiary/aromatic N) is 3. The monoisotopic (exact) mass is 243 g/mol. The molecule has 0 aliphatic rings. The van der Waals surface area contributed by atoms with Crippen molar-refractivity contribution in [2.75, 3.05) is 23.7 Å². The van der Waals surface area contributed by atoms with Gasteiger partial charge in [-0.2, -0.15) is 4.98 Å². The van der Waals surface area contributed by atoms with Gasteiger partial charge >= 0.3 is 0 Å². The largest absolute Gasteiger partial charge is 0.370 e. The van der Waals surface area contributed by atoms with Crippen LogP contribution in [0.3, 0.4) is 0 Å². The summed E-state index contributed by atoms with van der Waals surface area (Å²) in [5, 5.41) is 6.36. The number of hydrogen-bond donors (Lipinski definition) is 2. The van der Waals surface area contributed by atoms with Crippen LogP contribution in [0.25, 0.3) is 0 Å². The molecule has 0 aliphatic carbocycles. The smallest absolute Gasteiger partial charge is 0.224 e. The Morgan fingerprint density at radius 2 is 2.11 bits per heavy atom. The van der Waals surface area contributed by atoms with E-state index in [4.69, 9.17) is 0 Å². The molecular formula is C13H17N5. The second kappa shape index (κ2) is 6.54. The highest BCUT2D eigenvalue weighted by molar-refractivity contribution is 5.39. The fraction of sp³-hybridized carbons (Fsp3) is 0.308. The zero-order valence-corrected chi connectivity index (χ0v) is 10.4. The molecule has 5 heteroatoms. The Kier molecular flexibility index (Phi) is 4.46. The molecule has 18 heavy (non-hydrogen) atoms. The Hall–Kier alpha value is -2.17. The summed E-state index contributed by atoms with van der Waals surface area (Å²) in [6.45, 7) is 3.67. The Morgan fingerprint density at radius 1 is 1.17 bits per heavy atom. The van der Waals surface area contributed by atoms with Crippen LogP contribution in [0.15, 0.2) is 36.8 Å². The zero-order chi connectivity index (χ0) is 12.6. The molecule has 0 radical (unpaired) electrons. The van der Waals surface area contributed by atoms with Gasteiger partial charge in [0.25, 0.3) is 0 Å². The molecule has 0 spiro atoms. The van der Waals surface area contributed by atoms with Crippen molar-refractivity contribution in [2.24, 2.45) is 0 Å². The first-order chi connectivity index (χ1) is 8.88. The molecule has 0 aliphatic heterocycles. The summed E-state index contributed by atoms with van der Waals surface area (Å²) in [6, 6.07) is 5.88. The molecule has 0 saturated carbocycles. The lowest BCUT2D eigenvalue weighted by atomic mass is 10.2. The minimum Gasteiger partial charge on any atom is -0.370 e. The number of pyridine rings is 1. The first-order valence-electron chi connectivity index (χ1n) is 6.08. The van der Waals surface area contributed by atoms with Gasteiger partial charge in [-0.3, -0.25) is 4.98 Å². The van der Waals surface area contributed by atoms with Crippen molar-refractivity contribution < 1.29 is 0 Å². The van der Waals surface area contributed by atoms with Gasteiger partial charge in [-0.1, -0.05) is 6.07 Å². The van der Waals surface area contributed by atoms with Gasteiger partial charge in [-0.05, 0) is 31.0 Å². The van der Waals surface area contributed by atoms with Crippen LogP contribution in [0.5, 0.6) is 0 Å². The molecule has 0 saturated heterocycles. The minimum atomic E-state index is 0.656. The second-order valence-corrected chi connectivity index (χ2v) is 3.83. The lowest BCUT2D eigenvalue weighted by Gasteiger charge is -2.07. The van der Waals surface area contributed by atoms with E-state index in [9.17, 15) is 0 Å². The topological polar surface area (TPSA) is 62.7 Å². The lowest BCUT2D eigenvalue weighted by molar-refractivity contribution is 0.985. The average molecular weight is 243 g/mol. The maximum absolute atomic E-state index is 4.34. The fourth-order valence-electron chi connectivity index (χ4n) is 1.58. The van der Waals surface area contributed by atoms with Crippen molar-refractivity contribution in [3.63, 3.8) is 0 Å². The van der Waals surface area contributed by atoms with E-state index in [2.05, 4.69) is 31.7 Å². The molecule has 5 nitrogen and oxygen atoms in total. The number of aromatic nitrogens is 3. The number of anilines is 2. The maximum Gasteiger partial charge on any atom is 0.224 e. The van der Waals surface area contributed by atoms with Crippen molar-refractivity contribution in [1.29, 1.82) is 0 Å². The van der Waals surface area contributed by atoms with Gasteiger partial charge in [0.05, 0.1) is 0 Å². The van der Waals surface area contributed by atoms with Gasteiger partial charge in [-0.15, -0.1) is 0 Å². The molecule has 94 valence electrons. The first kappa shape index (κ1) is 12.3. The predicted octanol–water partition coefficient (Wildman–Crippen LogP) is 1.96. The highest BCUT2D eigenvalue weighted by Gasteiger charge is 1.97. The lowest BCUT2D eigenvalue weighted by Crippen LogP contribution is -2.08. The molecule has 0 bridgehead atoms. The standard InChI is InChI=1S/C13H17N5/c1-2-15-13-17-9-6-12(18-13)16-8-5-11-4-3-7-14-10-11/h3-4,6-7,9-10H,2,5,8H2,1H3,(H2,15,16,17,18). The summed E-state index contributed by atoms with van der Waals surface area (Å²) in [7, 11) is 0. The summed E-state index contributed by atoms with van der Waals surface area (Å²) in [5.41, 5.74) is 1.21. The third kappa shape index (κ3) is 3.69. The van der Waals surface area contributed by atoms with Gasteiger partial charge in [0, 0.05) is 31.7 Å². The Labute approximate surface area is 107 Å². The van der Waals surface area contributed by atoms with Gasteiger partial charge in [0.2, 0.25) is 5.95 Å². The van der Waals surface area contributed by atoms with Crippen LogP contribution in [0.2, 0.25) is 0 Å². The van der Waals surface area contributed by atoms with E-state index in [0.717, 1.165) is 25.3 Å². The van der Waals surface area contributed by atoms with Crippen LogP contribution < -0.4 is 10.6 Å². The molecule has 0 unspecified atom stereocenters. The van der Waals surface area contributed by atoms with Crippen molar-refractivity contribution in [3.05, 3.63) is 42.4 Å². The quantitative estimate of drug-likeness (QED) is 0.812. The highest BCUT2D eigenvalue weighted by atomic mass is 15.1. The Morgan fingerprint density at radius 3 is 2.89 bits per heavy atom. The third-order valence-electron chi connectivity index (χ3n) is 2.43. The van der Waals surface area contributed by atoms with E-state index in [1.165, 1.54) is 5.56 Å². The number of nitrogens with one attached hydrogen (secondary N) is 2. The molecule has 2 rings (SSSR count). The van der Waals surface area contributed by atoms with Crippen molar-refractivity contribution in [3.8, 4) is 0 Å². The molecule has 0 fully saturated rings. The van der Waals surface area contributed by atoms with E-state index in [1.807, 2.05) is 25.3 Å². The van der Waals surface area contributed by atoms with Crippen LogP contribution in [0.4, 0.5) is 11.8 Å². The van der Waals surface area contributed by atoms with Gasteiger partial charge in [0.1, 0.15) is 5.82 Å². The highest BCUT2D eigenvalue weighted by Crippen LogP contribution is 2.05. The van der Waals surface area contributed by atoms with Gasteiger partial charge in [-0.25, -0.2) is 4.98 Å². The van der Waals surface area contributed by atoms with Crippen LogP contribution in [-0.2, 0) is 6.42 Å². The van der Waals surface area contributed by atoms with Crippen LogP contribution in [-0.4, -0.2) is 28.0 Å². The van der Waals surface area contributed by atoms with Crippen LogP contribution in [0, 0.1) is 0 Å². The summed E-state index contributed by atoms with van der Waals surface area (Å²) < 4.78 is 0. The fourth-order valence-corrected chi connectivity index (χ4v) is 1.58. The van der Waals surface area contributed by atoms with Crippen LogP contribution in [0.1, 0.15) is 12.5 Å². The predicted molar refractivity (Wildman–Crippen MR) is 72.6 cm³/mol. The summed E-state index contributed by atoms with van der Waals surface area (Å²) >= 11 is 0. The average Bonchev–Trinajstić information content (AvgIpc) is 2.41. The van der Waals surface area contributed by atoms with E-state index >= 15 is 0 Å². The molecule has 2 aromatic heterocycles. The van der Waals surface area contributed by atoms with Gasteiger partial charge in [0.15, 0.2) is 0 Å². The van der Waals surface area contributed by atoms with Crippen LogP contribution >= 0.6 is 0 Å². The van der Waals surface area contributed by atoms with Crippen molar-refractivity contribution in [1.82, 2.24) is 15.0 Å². The maximum atomic E-state index is 4.34.